The molecule has 0 spiro atoms. The molecule has 0 heterocycles. The van der Waals surface area contributed by atoms with Crippen molar-refractivity contribution in [1.29, 1.82) is 0 Å². The van der Waals surface area contributed by atoms with Crippen molar-refractivity contribution in [3.8, 4) is 5.75 Å². The van der Waals surface area contributed by atoms with Crippen LogP contribution in [-0.4, -0.2) is 48.8 Å². The summed E-state index contributed by atoms with van der Waals surface area (Å²) < 4.78 is 14.4. The highest BCUT2D eigenvalue weighted by Crippen LogP contribution is 2.21. The van der Waals surface area contributed by atoms with Crippen LogP contribution in [-0.2, 0) is 19.1 Å². The summed E-state index contributed by atoms with van der Waals surface area (Å²) in [6.07, 6.45) is -0.780. The minimum Gasteiger partial charge on any atom is -0.497 e. The summed E-state index contributed by atoms with van der Waals surface area (Å²) in [5.41, 5.74) is -2.48. The van der Waals surface area contributed by atoms with Crippen LogP contribution < -0.4 is 4.74 Å². The zero-order valence-corrected chi connectivity index (χ0v) is 13.3. The second-order valence-electron chi connectivity index (χ2n) is 4.63. The van der Waals surface area contributed by atoms with Gasteiger partial charge in [-0.15, -0.1) is 0 Å². The standard InChI is InChI=1S/C16H20O7/c1-4-22-14(18)16(20,15(19)23-5-2)10-13(17)11-7-6-8-12(9-11)21-3/h6-9,20H,4-5,10H2,1-3H3. The molecule has 23 heavy (non-hydrogen) atoms. The Morgan fingerprint density at radius 2 is 1.65 bits per heavy atom. The summed E-state index contributed by atoms with van der Waals surface area (Å²) >= 11 is 0. The fraction of sp³-hybridized carbons (Fsp3) is 0.438. The summed E-state index contributed by atoms with van der Waals surface area (Å²) in [6, 6.07) is 6.15. The largest absolute Gasteiger partial charge is 0.497 e. The van der Waals surface area contributed by atoms with Gasteiger partial charge in [-0.1, -0.05) is 12.1 Å². The maximum Gasteiger partial charge on any atom is 0.350 e. The lowest BCUT2D eigenvalue weighted by Crippen LogP contribution is -2.50. The third-order valence-corrected chi connectivity index (χ3v) is 3.03. The van der Waals surface area contributed by atoms with Crippen LogP contribution in [0.1, 0.15) is 30.6 Å². The van der Waals surface area contributed by atoms with Crippen molar-refractivity contribution >= 4 is 17.7 Å². The number of aliphatic hydroxyl groups is 1. The van der Waals surface area contributed by atoms with E-state index in [1.807, 2.05) is 0 Å². The SMILES string of the molecule is CCOC(=O)C(O)(CC(=O)c1cccc(OC)c1)C(=O)OCC. The van der Waals surface area contributed by atoms with Gasteiger partial charge < -0.3 is 19.3 Å². The molecule has 1 rings (SSSR count). The van der Waals surface area contributed by atoms with Crippen LogP contribution >= 0.6 is 0 Å². The minimum atomic E-state index is -2.67. The molecular weight excluding hydrogens is 304 g/mol. The summed E-state index contributed by atoms with van der Waals surface area (Å²) in [6.45, 7) is 2.95. The van der Waals surface area contributed by atoms with E-state index in [0.717, 1.165) is 0 Å². The van der Waals surface area contributed by atoms with Crippen molar-refractivity contribution in [3.63, 3.8) is 0 Å². The van der Waals surface area contributed by atoms with Crippen LogP contribution in [0, 0.1) is 0 Å². The van der Waals surface area contributed by atoms with E-state index in [4.69, 9.17) is 4.74 Å². The topological polar surface area (TPSA) is 99.1 Å². The van der Waals surface area contributed by atoms with Gasteiger partial charge in [-0.25, -0.2) is 9.59 Å². The van der Waals surface area contributed by atoms with Gasteiger partial charge >= 0.3 is 11.9 Å². The number of esters is 2. The molecule has 0 fully saturated rings. The van der Waals surface area contributed by atoms with Crippen molar-refractivity contribution in [1.82, 2.24) is 0 Å². The first kappa shape index (κ1) is 18.6. The molecule has 0 aliphatic heterocycles. The van der Waals surface area contributed by atoms with Crippen molar-refractivity contribution in [2.75, 3.05) is 20.3 Å². The van der Waals surface area contributed by atoms with Crippen molar-refractivity contribution < 1.29 is 33.7 Å². The molecule has 0 unspecified atom stereocenters. The third kappa shape index (κ3) is 4.53. The maximum absolute atomic E-state index is 12.3. The molecule has 126 valence electrons. The zero-order chi connectivity index (χ0) is 17.5. The van der Waals surface area contributed by atoms with Gasteiger partial charge in [0.15, 0.2) is 5.78 Å². The third-order valence-electron chi connectivity index (χ3n) is 3.03. The molecule has 0 atom stereocenters. The summed E-state index contributed by atoms with van der Waals surface area (Å²) in [5, 5.41) is 10.4. The molecule has 0 saturated carbocycles. The molecule has 7 nitrogen and oxygen atoms in total. The minimum absolute atomic E-state index is 0.0477. The van der Waals surface area contributed by atoms with E-state index in [0.29, 0.717) is 5.75 Å². The number of Topliss-reactive ketones (excluding diaryl/α,β-unsaturated/α-hetero) is 1. The van der Waals surface area contributed by atoms with Gasteiger partial charge in [0.05, 0.1) is 26.7 Å². The van der Waals surface area contributed by atoms with Crippen LogP contribution in [0.25, 0.3) is 0 Å². The molecule has 0 aliphatic rings. The Balaban J connectivity index is 3.06. The molecule has 0 aliphatic carbocycles. The molecule has 0 radical (unpaired) electrons. The Bertz CT molecular complexity index is 562. The van der Waals surface area contributed by atoms with E-state index in [-0.39, 0.29) is 18.8 Å². The molecule has 1 aromatic carbocycles. The summed E-state index contributed by atoms with van der Waals surface area (Å²) in [7, 11) is 1.44. The monoisotopic (exact) mass is 324 g/mol. The fourth-order valence-corrected chi connectivity index (χ4v) is 1.86. The molecule has 0 saturated heterocycles. The summed E-state index contributed by atoms with van der Waals surface area (Å²) in [4.78, 5) is 36.2. The number of hydrogen-bond donors (Lipinski definition) is 1. The predicted molar refractivity (Wildman–Crippen MR) is 80.2 cm³/mol. The highest BCUT2D eigenvalue weighted by Gasteiger charge is 2.49. The van der Waals surface area contributed by atoms with Crippen molar-refractivity contribution in [3.05, 3.63) is 29.8 Å². The molecule has 0 amide bonds. The van der Waals surface area contributed by atoms with E-state index in [1.165, 1.54) is 33.1 Å². The first-order valence-electron chi connectivity index (χ1n) is 7.13. The predicted octanol–water partition coefficient (Wildman–Crippen LogP) is 1.13. The Labute approximate surface area is 134 Å². The van der Waals surface area contributed by atoms with Crippen LogP contribution in [0.5, 0.6) is 5.75 Å². The van der Waals surface area contributed by atoms with E-state index in [2.05, 4.69) is 9.47 Å². The Hall–Kier alpha value is -2.41. The average molecular weight is 324 g/mol. The van der Waals surface area contributed by atoms with Crippen molar-refractivity contribution in [2.24, 2.45) is 0 Å². The van der Waals surface area contributed by atoms with Crippen LogP contribution in [0.4, 0.5) is 0 Å². The van der Waals surface area contributed by atoms with Gasteiger partial charge in [-0.3, -0.25) is 4.79 Å². The van der Waals surface area contributed by atoms with Gasteiger partial charge in [0.25, 0.3) is 5.60 Å². The number of rotatable bonds is 8. The molecule has 0 bridgehead atoms. The molecule has 1 aromatic rings. The van der Waals surface area contributed by atoms with Crippen molar-refractivity contribution in [2.45, 2.75) is 25.9 Å². The first-order valence-corrected chi connectivity index (χ1v) is 7.13. The molecule has 7 heteroatoms. The number of carbonyl (C=O) groups is 3. The summed E-state index contributed by atoms with van der Waals surface area (Å²) in [5.74, 6) is -2.61. The number of carbonyl (C=O) groups excluding carboxylic acids is 3. The number of benzene rings is 1. The Morgan fingerprint density at radius 3 is 2.13 bits per heavy atom. The highest BCUT2D eigenvalue weighted by molar-refractivity contribution is 6.10. The van der Waals surface area contributed by atoms with E-state index in [9.17, 15) is 19.5 Å². The second-order valence-corrected chi connectivity index (χ2v) is 4.63. The van der Waals surface area contributed by atoms with Crippen LogP contribution in [0.15, 0.2) is 24.3 Å². The lowest BCUT2D eigenvalue weighted by molar-refractivity contribution is -0.182. The Kier molecular flexibility index (Phi) is 6.71. The van der Waals surface area contributed by atoms with E-state index >= 15 is 0 Å². The Morgan fingerprint density at radius 1 is 1.09 bits per heavy atom. The fourth-order valence-electron chi connectivity index (χ4n) is 1.86. The maximum atomic E-state index is 12.3. The van der Waals surface area contributed by atoms with Gasteiger partial charge in [0, 0.05) is 5.56 Å². The lowest BCUT2D eigenvalue weighted by Gasteiger charge is -2.22. The quantitative estimate of drug-likeness (QED) is 0.434. The highest BCUT2D eigenvalue weighted by atomic mass is 16.6. The van der Waals surface area contributed by atoms with Gasteiger partial charge in [0.2, 0.25) is 0 Å². The van der Waals surface area contributed by atoms with Crippen LogP contribution in [0.3, 0.4) is 0 Å². The molecular formula is C16H20O7. The van der Waals surface area contributed by atoms with E-state index in [1.54, 1.807) is 12.1 Å². The average Bonchev–Trinajstić information content (AvgIpc) is 2.55. The second kappa shape index (κ2) is 8.28. The number of ketones is 1. The van der Waals surface area contributed by atoms with Crippen LogP contribution in [0.2, 0.25) is 0 Å². The molecule has 0 aromatic heterocycles. The first-order chi connectivity index (χ1) is 10.9. The zero-order valence-electron chi connectivity index (χ0n) is 13.3. The normalized spacial score (nSPS) is 10.8. The van der Waals surface area contributed by atoms with Gasteiger partial charge in [-0.2, -0.15) is 0 Å². The number of ether oxygens (including phenoxy) is 3. The lowest BCUT2D eigenvalue weighted by atomic mass is 9.93. The van der Waals surface area contributed by atoms with Gasteiger partial charge in [0.1, 0.15) is 5.75 Å². The number of hydrogen-bond acceptors (Lipinski definition) is 7. The van der Waals surface area contributed by atoms with E-state index < -0.39 is 29.7 Å². The molecule has 1 N–H and O–H groups in total. The van der Waals surface area contributed by atoms with Gasteiger partial charge in [-0.05, 0) is 26.0 Å². The smallest absolute Gasteiger partial charge is 0.350 e. The number of methoxy groups -OCH3 is 1.